The second-order valence-electron chi connectivity index (χ2n) is 5.66. The van der Waals surface area contributed by atoms with Gasteiger partial charge in [-0.15, -0.1) is 0 Å². The molecule has 1 atom stereocenters. The van der Waals surface area contributed by atoms with Crippen LogP contribution in [0.5, 0.6) is 0 Å². The van der Waals surface area contributed by atoms with Crippen LogP contribution in [-0.2, 0) is 13.0 Å². The van der Waals surface area contributed by atoms with Crippen LogP contribution in [0, 0.1) is 5.92 Å². The molecule has 0 aliphatic rings. The van der Waals surface area contributed by atoms with Gasteiger partial charge < -0.3 is 10.3 Å². The van der Waals surface area contributed by atoms with E-state index in [0.717, 1.165) is 36.2 Å². The first-order valence-corrected chi connectivity index (χ1v) is 7.77. The third-order valence-electron chi connectivity index (χ3n) is 3.40. The lowest BCUT2D eigenvalue weighted by molar-refractivity contribution is 0.513. The van der Waals surface area contributed by atoms with Crippen molar-refractivity contribution in [1.82, 2.24) is 9.55 Å². The molecule has 0 bridgehead atoms. The van der Waals surface area contributed by atoms with Crippen LogP contribution in [0.3, 0.4) is 0 Å². The van der Waals surface area contributed by atoms with Gasteiger partial charge in [0.15, 0.2) is 0 Å². The zero-order valence-corrected chi connectivity index (χ0v) is 13.7. The molecule has 2 N–H and O–H groups in total. The van der Waals surface area contributed by atoms with Crippen LogP contribution in [0.15, 0.2) is 12.1 Å². The zero-order chi connectivity index (χ0) is 14.9. The molecule has 1 aromatic heterocycles. The molecule has 2 aromatic rings. The highest BCUT2D eigenvalue weighted by Gasteiger charge is 2.15. The summed E-state index contributed by atoms with van der Waals surface area (Å²) in [5, 5.41) is 1.10. The summed E-state index contributed by atoms with van der Waals surface area (Å²) in [5.41, 5.74) is 8.02. The molecule has 1 unspecified atom stereocenters. The van der Waals surface area contributed by atoms with Gasteiger partial charge in [-0.25, -0.2) is 4.98 Å². The lowest BCUT2D eigenvalue weighted by atomic mass is 10.1. The Bertz CT molecular complexity index is 605. The van der Waals surface area contributed by atoms with E-state index in [9.17, 15) is 0 Å². The molecule has 1 heterocycles. The fraction of sp³-hybridized carbons (Fsp3) is 0.533. The molecule has 0 fully saturated rings. The summed E-state index contributed by atoms with van der Waals surface area (Å²) < 4.78 is 2.19. The minimum absolute atomic E-state index is 0.118. The number of benzene rings is 1. The van der Waals surface area contributed by atoms with Gasteiger partial charge in [0.2, 0.25) is 0 Å². The molecular formula is C15H21Cl2N3. The number of nitrogens with zero attached hydrogens (tertiary/aromatic N) is 2. The van der Waals surface area contributed by atoms with E-state index in [-0.39, 0.29) is 6.04 Å². The first-order valence-electron chi connectivity index (χ1n) is 7.02. The van der Waals surface area contributed by atoms with Crippen molar-refractivity contribution in [1.29, 1.82) is 0 Å². The Balaban J connectivity index is 2.55. The standard InChI is InChI=1S/C15H21Cl2N3/c1-4-10(18)8-20-14-7-12(17)11(16)6-13(14)19-15(20)5-9(2)3/h6-7,9-10H,4-5,8,18H2,1-3H3. The Hall–Kier alpha value is -0.770. The SMILES string of the molecule is CCC(N)Cn1c(CC(C)C)nc2cc(Cl)c(Cl)cc21. The summed E-state index contributed by atoms with van der Waals surface area (Å²) in [6.07, 6.45) is 1.85. The van der Waals surface area contributed by atoms with Crippen LogP contribution in [0.4, 0.5) is 0 Å². The Kier molecular flexibility index (Phi) is 4.95. The molecule has 110 valence electrons. The maximum absolute atomic E-state index is 6.14. The van der Waals surface area contributed by atoms with Crippen molar-refractivity contribution in [2.75, 3.05) is 0 Å². The van der Waals surface area contributed by atoms with E-state index in [1.165, 1.54) is 0 Å². The van der Waals surface area contributed by atoms with Crippen molar-refractivity contribution in [2.45, 2.75) is 46.2 Å². The molecule has 0 aliphatic heterocycles. The topological polar surface area (TPSA) is 43.8 Å². The second kappa shape index (κ2) is 6.33. The quantitative estimate of drug-likeness (QED) is 0.895. The second-order valence-corrected chi connectivity index (χ2v) is 6.47. The summed E-state index contributed by atoms with van der Waals surface area (Å²) in [6, 6.07) is 3.84. The molecule has 0 saturated carbocycles. The molecule has 0 aliphatic carbocycles. The molecule has 1 aromatic carbocycles. The summed E-state index contributed by atoms with van der Waals surface area (Å²) in [5.74, 6) is 1.59. The molecule has 20 heavy (non-hydrogen) atoms. The van der Waals surface area contributed by atoms with E-state index in [4.69, 9.17) is 33.9 Å². The van der Waals surface area contributed by atoms with E-state index in [1.54, 1.807) is 0 Å². The van der Waals surface area contributed by atoms with Crippen molar-refractivity contribution in [3.8, 4) is 0 Å². The van der Waals surface area contributed by atoms with Gasteiger partial charge >= 0.3 is 0 Å². The number of imidazole rings is 1. The first-order chi connectivity index (χ1) is 9.42. The fourth-order valence-corrected chi connectivity index (χ4v) is 2.57. The van der Waals surface area contributed by atoms with Crippen LogP contribution >= 0.6 is 23.2 Å². The Morgan fingerprint density at radius 1 is 1.25 bits per heavy atom. The van der Waals surface area contributed by atoms with Crippen molar-refractivity contribution in [3.63, 3.8) is 0 Å². The highest BCUT2D eigenvalue weighted by Crippen LogP contribution is 2.29. The first kappa shape index (κ1) is 15.6. The van der Waals surface area contributed by atoms with Crippen LogP contribution in [-0.4, -0.2) is 15.6 Å². The van der Waals surface area contributed by atoms with Crippen molar-refractivity contribution >= 4 is 34.2 Å². The van der Waals surface area contributed by atoms with E-state index >= 15 is 0 Å². The molecule has 0 amide bonds. The van der Waals surface area contributed by atoms with Crippen LogP contribution in [0.1, 0.15) is 33.0 Å². The van der Waals surface area contributed by atoms with Crippen LogP contribution in [0.2, 0.25) is 10.0 Å². The average molecular weight is 314 g/mol. The molecule has 5 heteroatoms. The summed E-state index contributed by atoms with van der Waals surface area (Å²) >= 11 is 12.2. The molecule has 3 nitrogen and oxygen atoms in total. The summed E-state index contributed by atoms with van der Waals surface area (Å²) in [7, 11) is 0. The fourth-order valence-electron chi connectivity index (χ4n) is 2.26. The Morgan fingerprint density at radius 3 is 2.50 bits per heavy atom. The highest BCUT2D eigenvalue weighted by molar-refractivity contribution is 6.42. The van der Waals surface area contributed by atoms with Gasteiger partial charge in [-0.1, -0.05) is 44.0 Å². The lowest BCUT2D eigenvalue weighted by Crippen LogP contribution is -2.26. The maximum Gasteiger partial charge on any atom is 0.110 e. The Labute approximate surface area is 130 Å². The lowest BCUT2D eigenvalue weighted by Gasteiger charge is -2.15. The molecule has 2 rings (SSSR count). The molecular weight excluding hydrogens is 293 g/mol. The number of hydrogen-bond acceptors (Lipinski definition) is 2. The van der Waals surface area contributed by atoms with Gasteiger partial charge in [-0.3, -0.25) is 0 Å². The van der Waals surface area contributed by atoms with Gasteiger partial charge in [0.1, 0.15) is 5.82 Å². The normalized spacial score (nSPS) is 13.3. The smallest absolute Gasteiger partial charge is 0.110 e. The van der Waals surface area contributed by atoms with Gasteiger partial charge in [0.25, 0.3) is 0 Å². The molecule has 0 radical (unpaired) electrons. The third kappa shape index (κ3) is 3.27. The van der Waals surface area contributed by atoms with Crippen molar-refractivity contribution in [2.24, 2.45) is 11.7 Å². The average Bonchev–Trinajstić information content (AvgIpc) is 2.67. The Morgan fingerprint density at radius 2 is 1.90 bits per heavy atom. The van der Waals surface area contributed by atoms with Gasteiger partial charge in [-0.05, 0) is 24.5 Å². The predicted octanol–water partition coefficient (Wildman–Crippen LogP) is 4.28. The number of hydrogen-bond donors (Lipinski definition) is 1. The highest BCUT2D eigenvalue weighted by atomic mass is 35.5. The molecule has 0 saturated heterocycles. The van der Waals surface area contributed by atoms with E-state index in [2.05, 4.69) is 25.3 Å². The summed E-state index contributed by atoms with van der Waals surface area (Å²) in [6.45, 7) is 7.22. The predicted molar refractivity (Wildman–Crippen MR) is 86.6 cm³/mol. The summed E-state index contributed by atoms with van der Waals surface area (Å²) in [4.78, 5) is 4.71. The number of nitrogens with two attached hydrogens (primary N) is 1. The number of halogens is 2. The van der Waals surface area contributed by atoms with Crippen molar-refractivity contribution in [3.05, 3.63) is 28.0 Å². The van der Waals surface area contributed by atoms with E-state index in [1.807, 2.05) is 12.1 Å². The largest absolute Gasteiger partial charge is 0.326 e. The van der Waals surface area contributed by atoms with Gasteiger partial charge in [0.05, 0.1) is 21.1 Å². The van der Waals surface area contributed by atoms with Crippen molar-refractivity contribution < 1.29 is 0 Å². The molecule has 0 spiro atoms. The zero-order valence-electron chi connectivity index (χ0n) is 12.2. The van der Waals surface area contributed by atoms with Gasteiger partial charge in [-0.2, -0.15) is 0 Å². The minimum atomic E-state index is 0.118. The maximum atomic E-state index is 6.14. The van der Waals surface area contributed by atoms with E-state index in [0.29, 0.717) is 16.0 Å². The number of rotatable bonds is 5. The number of fused-ring (bicyclic) bond motifs is 1. The monoisotopic (exact) mass is 313 g/mol. The van der Waals surface area contributed by atoms with Crippen LogP contribution in [0.25, 0.3) is 11.0 Å². The van der Waals surface area contributed by atoms with Gasteiger partial charge in [0, 0.05) is 19.0 Å². The third-order valence-corrected chi connectivity index (χ3v) is 4.12. The van der Waals surface area contributed by atoms with E-state index < -0.39 is 0 Å². The number of aromatic nitrogens is 2. The van der Waals surface area contributed by atoms with Crippen LogP contribution < -0.4 is 5.73 Å². The minimum Gasteiger partial charge on any atom is -0.326 e.